The second-order valence-corrected chi connectivity index (χ2v) is 13.4. The van der Waals surface area contributed by atoms with E-state index < -0.39 is 27.3 Å². The lowest BCUT2D eigenvalue weighted by Crippen LogP contribution is -2.33. The van der Waals surface area contributed by atoms with E-state index in [4.69, 9.17) is 15.2 Å². The second kappa shape index (κ2) is 12.8. The van der Waals surface area contributed by atoms with Crippen LogP contribution in [0.25, 0.3) is 10.8 Å². The van der Waals surface area contributed by atoms with Crippen molar-refractivity contribution in [3.8, 4) is 11.5 Å². The molecule has 1 heterocycles. The SMILES string of the molecule is COc1c(NC(=O)C(=O)c2ccc(OCCN3CCCCC3)c3ccccc23)cc(C(C)(C)N)cc1S(=O)(=O)N(C)C. The Hall–Kier alpha value is -3.51. The zero-order chi connectivity index (χ0) is 30.7. The second-order valence-electron chi connectivity index (χ2n) is 11.3. The highest BCUT2D eigenvalue weighted by Gasteiger charge is 2.30. The molecule has 0 spiro atoms. The van der Waals surface area contributed by atoms with Crippen molar-refractivity contribution >= 4 is 38.2 Å². The molecule has 3 aromatic rings. The maximum atomic E-state index is 13.5. The van der Waals surface area contributed by atoms with Gasteiger partial charge in [-0.1, -0.05) is 30.7 Å². The fraction of sp³-hybridized carbons (Fsp3) is 0.419. The van der Waals surface area contributed by atoms with Crippen molar-refractivity contribution in [2.24, 2.45) is 5.73 Å². The van der Waals surface area contributed by atoms with Crippen LogP contribution in [0.1, 0.15) is 49.0 Å². The number of piperidine rings is 1. The Labute approximate surface area is 247 Å². The van der Waals surface area contributed by atoms with E-state index >= 15 is 0 Å². The number of carbonyl (C=O) groups is 2. The van der Waals surface area contributed by atoms with E-state index in [-0.39, 0.29) is 21.9 Å². The number of anilines is 1. The number of ketones is 1. The maximum absolute atomic E-state index is 13.5. The first-order valence-electron chi connectivity index (χ1n) is 14.0. The first-order chi connectivity index (χ1) is 19.8. The van der Waals surface area contributed by atoms with Crippen LogP contribution in [0.2, 0.25) is 0 Å². The summed E-state index contributed by atoms with van der Waals surface area (Å²) in [5, 5.41) is 3.88. The number of fused-ring (bicyclic) bond motifs is 1. The summed E-state index contributed by atoms with van der Waals surface area (Å²) in [6, 6.07) is 13.5. The summed E-state index contributed by atoms with van der Waals surface area (Å²) in [6.45, 7) is 6.91. The molecule has 0 atom stereocenters. The average Bonchev–Trinajstić information content (AvgIpc) is 2.96. The van der Waals surface area contributed by atoms with E-state index in [0.29, 0.717) is 23.3 Å². The fourth-order valence-electron chi connectivity index (χ4n) is 5.03. The van der Waals surface area contributed by atoms with Crippen LogP contribution < -0.4 is 20.5 Å². The number of rotatable bonds is 11. The summed E-state index contributed by atoms with van der Waals surface area (Å²) >= 11 is 0. The minimum Gasteiger partial charge on any atom is -0.493 e. The number of methoxy groups -OCH3 is 1. The summed E-state index contributed by atoms with van der Waals surface area (Å²) in [5.41, 5.74) is 6.00. The lowest BCUT2D eigenvalue weighted by molar-refractivity contribution is -0.112. The number of amides is 1. The van der Waals surface area contributed by atoms with Crippen LogP contribution in [0.5, 0.6) is 11.5 Å². The van der Waals surface area contributed by atoms with Crippen LogP contribution in [-0.2, 0) is 20.4 Å². The lowest BCUT2D eigenvalue weighted by atomic mass is 9.95. The van der Waals surface area contributed by atoms with E-state index in [1.54, 1.807) is 38.1 Å². The first kappa shape index (κ1) is 31.4. The number of nitrogens with one attached hydrogen (secondary N) is 1. The van der Waals surface area contributed by atoms with Gasteiger partial charge in [-0.2, -0.15) is 0 Å². The van der Waals surface area contributed by atoms with Crippen molar-refractivity contribution in [2.75, 3.05) is 52.8 Å². The Kier molecular flexibility index (Phi) is 9.56. The highest BCUT2D eigenvalue weighted by atomic mass is 32.2. The third-order valence-electron chi connectivity index (χ3n) is 7.46. The van der Waals surface area contributed by atoms with E-state index in [9.17, 15) is 18.0 Å². The number of Topliss-reactive ketones (excluding diaryl/α,β-unsaturated/α-hetero) is 1. The third kappa shape index (κ3) is 6.75. The minimum atomic E-state index is -3.98. The number of ether oxygens (including phenoxy) is 2. The van der Waals surface area contributed by atoms with E-state index in [1.807, 2.05) is 12.1 Å². The molecule has 3 aromatic carbocycles. The molecule has 42 heavy (non-hydrogen) atoms. The van der Waals surface area contributed by atoms with Gasteiger partial charge in [0, 0.05) is 37.1 Å². The zero-order valence-electron chi connectivity index (χ0n) is 24.9. The van der Waals surface area contributed by atoms with Crippen molar-refractivity contribution in [1.82, 2.24) is 9.21 Å². The highest BCUT2D eigenvalue weighted by molar-refractivity contribution is 7.89. The molecule has 10 nitrogen and oxygen atoms in total. The molecule has 226 valence electrons. The van der Waals surface area contributed by atoms with Crippen LogP contribution in [-0.4, -0.2) is 76.8 Å². The standard InChI is InChI=1S/C31H40N4O6S/c1-31(2,32)21-19-25(29(40-5)27(20-21)42(38,39)34(3)4)33-30(37)28(36)24-13-14-26(23-12-8-7-11-22(23)24)41-18-17-35-15-9-6-10-16-35/h7-8,11-14,19-20H,6,9-10,15-18,32H2,1-5H3,(H,33,37). The molecule has 1 amide bonds. The molecule has 0 saturated carbocycles. The van der Waals surface area contributed by atoms with Gasteiger partial charge in [0.15, 0.2) is 5.75 Å². The van der Waals surface area contributed by atoms with Gasteiger partial charge in [0.1, 0.15) is 17.3 Å². The lowest BCUT2D eigenvalue weighted by Gasteiger charge is -2.26. The smallest absolute Gasteiger partial charge is 0.296 e. The van der Waals surface area contributed by atoms with E-state index in [2.05, 4.69) is 10.2 Å². The Morgan fingerprint density at radius 1 is 1.02 bits per heavy atom. The number of nitrogens with zero attached hydrogens (tertiary/aromatic N) is 2. The minimum absolute atomic E-state index is 0.0225. The van der Waals surface area contributed by atoms with Gasteiger partial charge in [0.2, 0.25) is 10.0 Å². The van der Waals surface area contributed by atoms with Crippen molar-refractivity contribution in [2.45, 2.75) is 43.5 Å². The molecule has 0 unspecified atom stereocenters. The molecular weight excluding hydrogens is 556 g/mol. The molecule has 0 aromatic heterocycles. The van der Waals surface area contributed by atoms with Gasteiger partial charge < -0.3 is 20.5 Å². The monoisotopic (exact) mass is 596 g/mol. The number of sulfonamides is 1. The molecule has 0 aliphatic carbocycles. The van der Waals surface area contributed by atoms with Crippen molar-refractivity contribution in [3.63, 3.8) is 0 Å². The molecule has 0 radical (unpaired) electrons. The quantitative estimate of drug-likeness (QED) is 0.251. The van der Waals surface area contributed by atoms with E-state index in [1.165, 1.54) is 52.6 Å². The molecule has 3 N–H and O–H groups in total. The Balaban J connectivity index is 1.64. The van der Waals surface area contributed by atoms with Gasteiger partial charge in [0.05, 0.1) is 12.8 Å². The predicted molar refractivity (Wildman–Crippen MR) is 164 cm³/mol. The number of hydrogen-bond donors (Lipinski definition) is 2. The largest absolute Gasteiger partial charge is 0.493 e. The van der Waals surface area contributed by atoms with Gasteiger partial charge >= 0.3 is 0 Å². The highest BCUT2D eigenvalue weighted by Crippen LogP contribution is 2.38. The van der Waals surface area contributed by atoms with Crippen molar-refractivity contribution in [1.29, 1.82) is 0 Å². The summed E-state index contributed by atoms with van der Waals surface area (Å²) in [5.74, 6) is -1.20. The van der Waals surface area contributed by atoms with Gasteiger partial charge in [-0.3, -0.25) is 14.5 Å². The molecule has 1 fully saturated rings. The first-order valence-corrected chi connectivity index (χ1v) is 15.4. The Bertz CT molecular complexity index is 1570. The summed E-state index contributed by atoms with van der Waals surface area (Å²) in [6.07, 6.45) is 3.67. The average molecular weight is 597 g/mol. The normalized spacial score (nSPS) is 14.6. The summed E-state index contributed by atoms with van der Waals surface area (Å²) < 4.78 is 38.9. The topological polar surface area (TPSA) is 131 Å². The Morgan fingerprint density at radius 2 is 1.69 bits per heavy atom. The number of likely N-dealkylation sites (tertiary alicyclic amines) is 1. The van der Waals surface area contributed by atoms with Crippen molar-refractivity contribution < 1.29 is 27.5 Å². The molecule has 1 saturated heterocycles. The third-order valence-corrected chi connectivity index (χ3v) is 9.28. The Morgan fingerprint density at radius 3 is 2.31 bits per heavy atom. The van der Waals surface area contributed by atoms with Gasteiger partial charge in [0.25, 0.3) is 11.7 Å². The number of carbonyl (C=O) groups excluding carboxylic acids is 2. The maximum Gasteiger partial charge on any atom is 0.296 e. The summed E-state index contributed by atoms with van der Waals surface area (Å²) in [4.78, 5) is 29.1. The molecule has 1 aliphatic heterocycles. The van der Waals surface area contributed by atoms with Gasteiger partial charge in [-0.05, 0) is 75.0 Å². The van der Waals surface area contributed by atoms with Gasteiger partial charge in [-0.15, -0.1) is 0 Å². The molecule has 4 rings (SSSR count). The zero-order valence-corrected chi connectivity index (χ0v) is 25.7. The number of nitrogens with two attached hydrogens (primary N) is 1. The fourth-order valence-corrected chi connectivity index (χ4v) is 6.13. The van der Waals surface area contributed by atoms with Crippen molar-refractivity contribution in [3.05, 3.63) is 59.7 Å². The number of hydrogen-bond acceptors (Lipinski definition) is 8. The van der Waals surface area contributed by atoms with E-state index in [0.717, 1.165) is 29.3 Å². The molecule has 11 heteroatoms. The molecule has 0 bridgehead atoms. The predicted octanol–water partition coefficient (Wildman–Crippen LogP) is 3.98. The van der Waals surface area contributed by atoms with Crippen LogP contribution >= 0.6 is 0 Å². The van der Waals surface area contributed by atoms with Crippen LogP contribution in [0.4, 0.5) is 5.69 Å². The van der Waals surface area contributed by atoms with Crippen LogP contribution in [0, 0.1) is 0 Å². The van der Waals surface area contributed by atoms with Crippen LogP contribution in [0.15, 0.2) is 53.4 Å². The van der Waals surface area contributed by atoms with Crippen LogP contribution in [0.3, 0.4) is 0 Å². The molecule has 1 aliphatic rings. The number of benzene rings is 3. The molecular formula is C31H40N4O6S. The van der Waals surface area contributed by atoms with Gasteiger partial charge in [-0.25, -0.2) is 12.7 Å². The summed E-state index contributed by atoms with van der Waals surface area (Å²) in [7, 11) is 0.0993.